The van der Waals surface area contributed by atoms with Crippen molar-refractivity contribution in [2.75, 3.05) is 18.6 Å². The highest BCUT2D eigenvalue weighted by molar-refractivity contribution is 6.05. The van der Waals surface area contributed by atoms with Crippen molar-refractivity contribution in [1.29, 1.82) is 0 Å². The van der Waals surface area contributed by atoms with E-state index in [0.29, 0.717) is 0 Å². The molecule has 1 aromatic carbocycles. The van der Waals surface area contributed by atoms with Gasteiger partial charge < -0.3 is 20.1 Å². The average Bonchev–Trinajstić information content (AvgIpc) is 2.61. The van der Waals surface area contributed by atoms with Crippen molar-refractivity contribution in [2.45, 2.75) is 65.6 Å². The second kappa shape index (κ2) is 10.3. The summed E-state index contributed by atoms with van der Waals surface area (Å²) >= 11 is 0. The molecule has 0 saturated heterocycles. The molecule has 31 heavy (non-hydrogen) atoms. The molecule has 0 fully saturated rings. The number of carbonyl (C=O) groups excluding carboxylic acids is 4. The second-order valence-electron chi connectivity index (χ2n) is 9.04. The van der Waals surface area contributed by atoms with Crippen LogP contribution in [0.1, 0.15) is 58.8 Å². The van der Waals surface area contributed by atoms with Gasteiger partial charge in [0.15, 0.2) is 0 Å². The van der Waals surface area contributed by atoms with Crippen LogP contribution >= 0.6 is 0 Å². The molecule has 0 spiro atoms. The number of nitrogens with one attached hydrogen (secondary N) is 2. The third-order valence-electron chi connectivity index (χ3n) is 3.86. The van der Waals surface area contributed by atoms with E-state index in [2.05, 4.69) is 10.6 Å². The Morgan fingerprint density at radius 1 is 1.03 bits per heavy atom. The number of anilines is 1. The Kier molecular flexibility index (Phi) is 8.60. The zero-order valence-electron chi connectivity index (χ0n) is 19.5. The fourth-order valence-electron chi connectivity index (χ4n) is 2.77. The molecule has 0 saturated carbocycles. The molecular weight excluding hydrogens is 402 g/mol. The predicted octanol–water partition coefficient (Wildman–Crippen LogP) is 2.63. The molecule has 172 valence electrons. The van der Waals surface area contributed by atoms with Crippen LogP contribution in [-0.2, 0) is 19.1 Å². The van der Waals surface area contributed by atoms with Crippen LogP contribution in [0.25, 0.3) is 0 Å². The first-order valence-electron chi connectivity index (χ1n) is 9.92. The number of para-hydroxylation sites is 1. The summed E-state index contributed by atoms with van der Waals surface area (Å²) in [6.45, 7) is 11.6. The molecule has 2 N–H and O–H groups in total. The molecule has 1 rings (SSSR count). The van der Waals surface area contributed by atoms with Crippen LogP contribution in [-0.4, -0.2) is 54.7 Å². The Hall–Kier alpha value is -3.10. The first-order chi connectivity index (χ1) is 14.2. The maximum absolute atomic E-state index is 13.1. The summed E-state index contributed by atoms with van der Waals surface area (Å²) in [5.74, 6) is -1.65. The minimum absolute atomic E-state index is 0.117. The van der Waals surface area contributed by atoms with E-state index < -0.39 is 41.1 Å². The third kappa shape index (κ3) is 8.27. The van der Waals surface area contributed by atoms with Crippen LogP contribution < -0.4 is 15.5 Å². The summed E-state index contributed by atoms with van der Waals surface area (Å²) in [7, 11) is 1.23. The van der Waals surface area contributed by atoms with Crippen molar-refractivity contribution in [2.24, 2.45) is 0 Å². The zero-order valence-corrected chi connectivity index (χ0v) is 19.5. The Bertz CT molecular complexity index is 823. The molecule has 3 amide bonds. The lowest BCUT2D eigenvalue weighted by molar-refractivity contribution is -0.126. The monoisotopic (exact) mass is 435 g/mol. The minimum atomic E-state index is -1.14. The number of ether oxygens (including phenoxy) is 2. The van der Waals surface area contributed by atoms with E-state index in [4.69, 9.17) is 9.47 Å². The fourth-order valence-corrected chi connectivity index (χ4v) is 2.77. The van der Waals surface area contributed by atoms with Gasteiger partial charge in [-0.25, -0.2) is 9.59 Å². The molecular formula is C22H33N3O6. The van der Waals surface area contributed by atoms with Gasteiger partial charge >= 0.3 is 12.1 Å². The lowest BCUT2D eigenvalue weighted by Crippen LogP contribution is -2.58. The summed E-state index contributed by atoms with van der Waals surface area (Å²) in [5, 5.41) is 5.36. The smallest absolute Gasteiger partial charge is 0.407 e. The number of benzene rings is 1. The lowest BCUT2D eigenvalue weighted by Gasteiger charge is -2.33. The van der Waals surface area contributed by atoms with Crippen molar-refractivity contribution < 1.29 is 28.7 Å². The Morgan fingerprint density at radius 2 is 1.61 bits per heavy atom. The van der Waals surface area contributed by atoms with E-state index in [1.807, 2.05) is 0 Å². The van der Waals surface area contributed by atoms with Crippen LogP contribution in [0.15, 0.2) is 24.3 Å². The number of esters is 1. The lowest BCUT2D eigenvalue weighted by atomic mass is 10.1. The van der Waals surface area contributed by atoms with Gasteiger partial charge in [0.05, 0.1) is 24.9 Å². The van der Waals surface area contributed by atoms with Crippen molar-refractivity contribution in [3.63, 3.8) is 0 Å². The Morgan fingerprint density at radius 3 is 2.10 bits per heavy atom. The minimum Gasteiger partial charge on any atom is -0.465 e. The van der Waals surface area contributed by atoms with Crippen LogP contribution in [0, 0.1) is 0 Å². The van der Waals surface area contributed by atoms with E-state index in [1.54, 1.807) is 59.7 Å². The number of hydrogen-bond donors (Lipinski definition) is 2. The number of nitrogens with zero attached hydrogens (tertiary/aromatic N) is 1. The van der Waals surface area contributed by atoms with Gasteiger partial charge in [0.2, 0.25) is 11.8 Å². The predicted molar refractivity (Wildman–Crippen MR) is 117 cm³/mol. The Balaban J connectivity index is 3.39. The molecule has 9 heteroatoms. The molecule has 0 heterocycles. The summed E-state index contributed by atoms with van der Waals surface area (Å²) in [6.07, 6.45) is -0.731. The highest BCUT2D eigenvalue weighted by Gasteiger charge is 2.34. The van der Waals surface area contributed by atoms with Crippen LogP contribution in [0.5, 0.6) is 0 Å². The summed E-state index contributed by atoms with van der Waals surface area (Å²) in [5.41, 5.74) is -1.01. The van der Waals surface area contributed by atoms with E-state index >= 15 is 0 Å². The second-order valence-corrected chi connectivity index (χ2v) is 9.04. The summed E-state index contributed by atoms with van der Waals surface area (Å²) in [4.78, 5) is 51.4. The zero-order chi connectivity index (χ0) is 24.0. The van der Waals surface area contributed by atoms with Gasteiger partial charge in [-0.2, -0.15) is 0 Å². The van der Waals surface area contributed by atoms with Gasteiger partial charge in [0.25, 0.3) is 0 Å². The first kappa shape index (κ1) is 25.9. The van der Waals surface area contributed by atoms with Gasteiger partial charge in [-0.05, 0) is 53.7 Å². The quantitative estimate of drug-likeness (QED) is 0.664. The number of methoxy groups -OCH3 is 1. The van der Waals surface area contributed by atoms with Gasteiger partial charge in [-0.1, -0.05) is 12.1 Å². The molecule has 0 aliphatic carbocycles. The van der Waals surface area contributed by atoms with Gasteiger partial charge in [-0.3, -0.25) is 14.5 Å². The summed E-state index contributed by atoms with van der Waals surface area (Å²) < 4.78 is 10.0. The SMILES string of the molecule is COC(=O)c1ccccc1N(C(C)=O)C(CNC(=O)OC(C)(C)C)C(=O)NC(C)(C)C. The first-order valence-corrected chi connectivity index (χ1v) is 9.92. The topological polar surface area (TPSA) is 114 Å². The number of alkyl carbamates (subject to hydrolysis) is 1. The largest absolute Gasteiger partial charge is 0.465 e. The fraction of sp³-hybridized carbons (Fsp3) is 0.545. The van der Waals surface area contributed by atoms with Crippen molar-refractivity contribution in [3.8, 4) is 0 Å². The van der Waals surface area contributed by atoms with Gasteiger partial charge in [0, 0.05) is 12.5 Å². The average molecular weight is 436 g/mol. The number of amides is 3. The highest BCUT2D eigenvalue weighted by Crippen LogP contribution is 2.24. The maximum atomic E-state index is 13.1. The molecule has 1 atom stereocenters. The van der Waals surface area contributed by atoms with E-state index in [9.17, 15) is 19.2 Å². The number of hydrogen-bond acceptors (Lipinski definition) is 6. The molecule has 1 aromatic rings. The number of carbonyl (C=O) groups is 4. The van der Waals surface area contributed by atoms with Crippen LogP contribution in [0.2, 0.25) is 0 Å². The molecule has 1 unspecified atom stereocenters. The summed E-state index contributed by atoms with van der Waals surface area (Å²) in [6, 6.07) is 5.15. The Labute approximate surface area is 183 Å². The van der Waals surface area contributed by atoms with Crippen molar-refractivity contribution in [1.82, 2.24) is 10.6 Å². The number of rotatable bonds is 6. The van der Waals surface area contributed by atoms with Crippen LogP contribution in [0.4, 0.5) is 10.5 Å². The molecule has 0 radical (unpaired) electrons. The van der Waals surface area contributed by atoms with Crippen molar-refractivity contribution >= 4 is 29.6 Å². The normalized spacial score (nSPS) is 12.4. The van der Waals surface area contributed by atoms with E-state index in [-0.39, 0.29) is 17.8 Å². The highest BCUT2D eigenvalue weighted by atomic mass is 16.6. The molecule has 0 aliphatic rings. The molecule has 0 aliphatic heterocycles. The standard InChI is InChI=1S/C22H33N3O6/c1-14(26)25(16-12-10-9-11-15(16)19(28)30-8)17(18(27)24-21(2,3)4)13-23-20(29)31-22(5,6)7/h9-12,17H,13H2,1-8H3,(H,23,29)(H,24,27). The van der Waals surface area contributed by atoms with Crippen molar-refractivity contribution in [3.05, 3.63) is 29.8 Å². The van der Waals surface area contributed by atoms with E-state index in [1.165, 1.54) is 25.0 Å². The van der Waals surface area contributed by atoms with Gasteiger partial charge in [-0.15, -0.1) is 0 Å². The third-order valence-corrected chi connectivity index (χ3v) is 3.86. The van der Waals surface area contributed by atoms with E-state index in [0.717, 1.165) is 0 Å². The van der Waals surface area contributed by atoms with Crippen LogP contribution in [0.3, 0.4) is 0 Å². The maximum Gasteiger partial charge on any atom is 0.407 e. The molecule has 0 aromatic heterocycles. The molecule has 0 bridgehead atoms. The van der Waals surface area contributed by atoms with Gasteiger partial charge in [0.1, 0.15) is 11.6 Å². The molecule has 9 nitrogen and oxygen atoms in total.